The van der Waals surface area contributed by atoms with Gasteiger partial charge in [0.1, 0.15) is 0 Å². The molecular formula is C15H30N2O. The van der Waals surface area contributed by atoms with Gasteiger partial charge in [0, 0.05) is 26.1 Å². The Morgan fingerprint density at radius 2 is 1.94 bits per heavy atom. The van der Waals surface area contributed by atoms with Gasteiger partial charge in [-0.15, -0.1) is 0 Å². The minimum atomic E-state index is 0.219. The highest BCUT2D eigenvalue weighted by Gasteiger charge is 2.29. The Kier molecular flexibility index (Phi) is 6.13. The van der Waals surface area contributed by atoms with Crippen LogP contribution in [0.5, 0.6) is 0 Å². The number of rotatable bonds is 5. The summed E-state index contributed by atoms with van der Waals surface area (Å²) in [6.07, 6.45) is 2.42. The zero-order valence-electron chi connectivity index (χ0n) is 12.7. The molecule has 1 rings (SSSR count). The number of piperidine rings is 1. The Morgan fingerprint density at radius 3 is 2.44 bits per heavy atom. The molecular weight excluding hydrogens is 224 g/mol. The van der Waals surface area contributed by atoms with Gasteiger partial charge in [-0.25, -0.2) is 0 Å². The maximum absolute atomic E-state index is 11.6. The zero-order valence-corrected chi connectivity index (χ0v) is 12.7. The van der Waals surface area contributed by atoms with Gasteiger partial charge in [0.25, 0.3) is 0 Å². The third kappa shape index (κ3) is 4.97. The molecule has 2 unspecified atom stereocenters. The molecule has 3 heteroatoms. The smallest absolute Gasteiger partial charge is 0.219 e. The van der Waals surface area contributed by atoms with Crippen LogP contribution in [0, 0.1) is 17.8 Å². The van der Waals surface area contributed by atoms with Crippen LogP contribution in [0.3, 0.4) is 0 Å². The van der Waals surface area contributed by atoms with Crippen molar-refractivity contribution in [3.05, 3.63) is 0 Å². The van der Waals surface area contributed by atoms with Gasteiger partial charge in [-0.2, -0.15) is 0 Å². The summed E-state index contributed by atoms with van der Waals surface area (Å²) in [5, 5.41) is 3.63. The SMILES string of the molecule is CC(=O)N1CC(NCCC(C)C)CC(C(C)C)C1. The molecule has 0 saturated carbocycles. The Balaban J connectivity index is 2.48. The monoisotopic (exact) mass is 254 g/mol. The van der Waals surface area contributed by atoms with Crippen molar-refractivity contribution in [3.63, 3.8) is 0 Å². The lowest BCUT2D eigenvalue weighted by Gasteiger charge is -2.39. The average Bonchev–Trinajstić information content (AvgIpc) is 2.28. The van der Waals surface area contributed by atoms with Crippen LogP contribution in [-0.2, 0) is 4.79 Å². The van der Waals surface area contributed by atoms with Gasteiger partial charge in [-0.3, -0.25) is 4.79 Å². The minimum Gasteiger partial charge on any atom is -0.341 e. The number of carbonyl (C=O) groups is 1. The molecule has 0 aliphatic carbocycles. The predicted molar refractivity (Wildman–Crippen MR) is 76.4 cm³/mol. The van der Waals surface area contributed by atoms with Crippen molar-refractivity contribution < 1.29 is 4.79 Å². The molecule has 1 saturated heterocycles. The molecule has 0 aromatic rings. The third-order valence-electron chi connectivity index (χ3n) is 4.03. The number of nitrogens with one attached hydrogen (secondary N) is 1. The van der Waals surface area contributed by atoms with Crippen LogP contribution in [0.2, 0.25) is 0 Å². The van der Waals surface area contributed by atoms with E-state index in [0.29, 0.717) is 17.9 Å². The summed E-state index contributed by atoms with van der Waals surface area (Å²) in [6.45, 7) is 13.6. The first kappa shape index (κ1) is 15.5. The summed E-state index contributed by atoms with van der Waals surface area (Å²) in [4.78, 5) is 13.6. The van der Waals surface area contributed by atoms with Gasteiger partial charge in [-0.1, -0.05) is 27.7 Å². The van der Waals surface area contributed by atoms with Crippen LogP contribution in [-0.4, -0.2) is 36.5 Å². The molecule has 1 aliphatic rings. The van der Waals surface area contributed by atoms with E-state index >= 15 is 0 Å². The highest BCUT2D eigenvalue weighted by Crippen LogP contribution is 2.24. The first-order valence-electron chi connectivity index (χ1n) is 7.39. The first-order chi connectivity index (χ1) is 8.40. The van der Waals surface area contributed by atoms with Crippen LogP contribution < -0.4 is 5.32 Å². The third-order valence-corrected chi connectivity index (χ3v) is 4.03. The summed E-state index contributed by atoms with van der Waals surface area (Å²) in [7, 11) is 0. The Morgan fingerprint density at radius 1 is 1.28 bits per heavy atom. The van der Waals surface area contributed by atoms with Crippen LogP contribution in [0.15, 0.2) is 0 Å². The van der Waals surface area contributed by atoms with E-state index in [9.17, 15) is 4.79 Å². The second kappa shape index (κ2) is 7.13. The average molecular weight is 254 g/mol. The summed E-state index contributed by atoms with van der Waals surface area (Å²) in [6, 6.07) is 0.480. The summed E-state index contributed by atoms with van der Waals surface area (Å²) >= 11 is 0. The molecule has 0 aromatic heterocycles. The highest BCUT2D eigenvalue weighted by molar-refractivity contribution is 5.73. The fourth-order valence-electron chi connectivity index (χ4n) is 2.60. The number of hydrogen-bond donors (Lipinski definition) is 1. The molecule has 0 bridgehead atoms. The standard InChI is InChI=1S/C15H30N2O/c1-11(2)6-7-16-15-8-14(12(3)4)9-17(10-15)13(5)18/h11-12,14-16H,6-10H2,1-5H3. The molecule has 106 valence electrons. The van der Waals surface area contributed by atoms with Crippen molar-refractivity contribution in [1.82, 2.24) is 10.2 Å². The van der Waals surface area contributed by atoms with E-state index in [0.717, 1.165) is 25.6 Å². The molecule has 1 aliphatic heterocycles. The molecule has 1 heterocycles. The van der Waals surface area contributed by atoms with E-state index in [2.05, 4.69) is 33.0 Å². The van der Waals surface area contributed by atoms with Gasteiger partial charge in [0.05, 0.1) is 0 Å². The number of nitrogens with zero attached hydrogens (tertiary/aromatic N) is 1. The number of likely N-dealkylation sites (tertiary alicyclic amines) is 1. The van der Waals surface area contributed by atoms with Gasteiger partial charge in [0.15, 0.2) is 0 Å². The quantitative estimate of drug-likeness (QED) is 0.817. The Hall–Kier alpha value is -0.570. The van der Waals surface area contributed by atoms with Crippen molar-refractivity contribution in [2.24, 2.45) is 17.8 Å². The van der Waals surface area contributed by atoms with Crippen molar-refractivity contribution >= 4 is 5.91 Å². The topological polar surface area (TPSA) is 32.3 Å². The lowest BCUT2D eigenvalue weighted by molar-refractivity contribution is -0.131. The second-order valence-corrected chi connectivity index (χ2v) is 6.50. The number of carbonyl (C=O) groups excluding carboxylic acids is 1. The summed E-state index contributed by atoms with van der Waals surface area (Å²) in [5.41, 5.74) is 0. The molecule has 18 heavy (non-hydrogen) atoms. The maximum atomic E-state index is 11.6. The maximum Gasteiger partial charge on any atom is 0.219 e. The molecule has 0 aromatic carbocycles. The Bertz CT molecular complexity index is 263. The van der Waals surface area contributed by atoms with Gasteiger partial charge in [0.2, 0.25) is 5.91 Å². The van der Waals surface area contributed by atoms with Crippen LogP contribution in [0.4, 0.5) is 0 Å². The molecule has 1 fully saturated rings. The van der Waals surface area contributed by atoms with E-state index < -0.39 is 0 Å². The van der Waals surface area contributed by atoms with Crippen molar-refractivity contribution in [1.29, 1.82) is 0 Å². The minimum absolute atomic E-state index is 0.219. The lowest BCUT2D eigenvalue weighted by atomic mass is 9.85. The van der Waals surface area contributed by atoms with Gasteiger partial charge >= 0.3 is 0 Å². The van der Waals surface area contributed by atoms with E-state index in [1.807, 2.05) is 4.90 Å². The van der Waals surface area contributed by atoms with Crippen molar-refractivity contribution in [3.8, 4) is 0 Å². The Labute approximate surface area is 112 Å². The molecule has 1 N–H and O–H groups in total. The van der Waals surface area contributed by atoms with Crippen molar-refractivity contribution in [2.45, 2.75) is 53.5 Å². The van der Waals surface area contributed by atoms with E-state index in [4.69, 9.17) is 0 Å². The lowest BCUT2D eigenvalue weighted by Crippen LogP contribution is -2.51. The highest BCUT2D eigenvalue weighted by atomic mass is 16.2. The molecule has 0 radical (unpaired) electrons. The first-order valence-corrected chi connectivity index (χ1v) is 7.39. The normalized spacial score (nSPS) is 24.9. The van der Waals surface area contributed by atoms with E-state index in [-0.39, 0.29) is 5.91 Å². The summed E-state index contributed by atoms with van der Waals surface area (Å²) in [5.74, 6) is 2.25. The number of amides is 1. The molecule has 0 spiro atoms. The molecule has 3 nitrogen and oxygen atoms in total. The molecule has 1 amide bonds. The van der Waals surface area contributed by atoms with Crippen molar-refractivity contribution in [2.75, 3.05) is 19.6 Å². The fraction of sp³-hybridized carbons (Fsp3) is 0.933. The second-order valence-electron chi connectivity index (χ2n) is 6.50. The number of hydrogen-bond acceptors (Lipinski definition) is 2. The molecule has 2 atom stereocenters. The fourth-order valence-corrected chi connectivity index (χ4v) is 2.60. The predicted octanol–water partition coefficient (Wildman–Crippen LogP) is 2.52. The van der Waals surface area contributed by atoms with Gasteiger partial charge in [-0.05, 0) is 37.1 Å². The van der Waals surface area contributed by atoms with Crippen LogP contribution in [0.25, 0.3) is 0 Å². The van der Waals surface area contributed by atoms with Crippen LogP contribution in [0.1, 0.15) is 47.5 Å². The zero-order chi connectivity index (χ0) is 13.7. The summed E-state index contributed by atoms with van der Waals surface area (Å²) < 4.78 is 0. The largest absolute Gasteiger partial charge is 0.341 e. The van der Waals surface area contributed by atoms with Gasteiger partial charge < -0.3 is 10.2 Å². The van der Waals surface area contributed by atoms with E-state index in [1.165, 1.54) is 12.8 Å². The van der Waals surface area contributed by atoms with Crippen LogP contribution >= 0.6 is 0 Å². The van der Waals surface area contributed by atoms with E-state index in [1.54, 1.807) is 6.92 Å².